The summed E-state index contributed by atoms with van der Waals surface area (Å²) in [4.78, 5) is 41.3. The van der Waals surface area contributed by atoms with Crippen LogP contribution in [0.1, 0.15) is 68.5 Å². The third-order valence-electron chi connectivity index (χ3n) is 9.54. The maximum Gasteiger partial charge on any atom is 0.308 e. The number of ketones is 2. The number of phenolic OH excluding ortho intramolecular Hbond substituents is 1. The van der Waals surface area contributed by atoms with Crippen molar-refractivity contribution < 1.29 is 49.0 Å². The van der Waals surface area contributed by atoms with Gasteiger partial charge in [0.1, 0.15) is 35.6 Å². The fraction of sp³-hybridized carbons (Fsp3) is 0.225. The van der Waals surface area contributed by atoms with E-state index in [2.05, 4.69) is 0 Å². The molecular weight excluding hydrogens is 668 g/mol. The molecule has 2 aliphatic rings. The first-order valence-corrected chi connectivity index (χ1v) is 16.6. The van der Waals surface area contributed by atoms with Gasteiger partial charge in [-0.1, -0.05) is 60.7 Å². The minimum absolute atomic E-state index is 0.0143. The Hall–Kier alpha value is -5.47. The van der Waals surface area contributed by atoms with Crippen LogP contribution in [-0.2, 0) is 16.0 Å². The topological polar surface area (TPSA) is 212 Å². The molecule has 5 aromatic carbocycles. The van der Waals surface area contributed by atoms with E-state index < -0.39 is 60.2 Å². The van der Waals surface area contributed by atoms with E-state index in [1.54, 1.807) is 30.3 Å². The van der Waals surface area contributed by atoms with Crippen LogP contribution in [0.4, 0.5) is 0 Å². The fourth-order valence-corrected chi connectivity index (χ4v) is 6.87. The lowest BCUT2D eigenvalue weighted by molar-refractivity contribution is -0.268. The number of nitrogens with two attached hydrogens (primary N) is 2. The van der Waals surface area contributed by atoms with Crippen LogP contribution in [0.2, 0.25) is 0 Å². The Balaban J connectivity index is 1.42. The molecule has 266 valence electrons. The van der Waals surface area contributed by atoms with Crippen molar-refractivity contribution in [1.82, 2.24) is 0 Å². The molecule has 12 nitrogen and oxygen atoms in total. The highest BCUT2D eigenvalue weighted by Crippen LogP contribution is 2.46. The van der Waals surface area contributed by atoms with Gasteiger partial charge in [0.15, 0.2) is 11.6 Å². The molecule has 0 unspecified atom stereocenters. The molecule has 1 fully saturated rings. The number of carbonyl (C=O) groups is 3. The Morgan fingerprint density at radius 3 is 2.25 bits per heavy atom. The highest BCUT2D eigenvalue weighted by Gasteiger charge is 2.44. The van der Waals surface area contributed by atoms with E-state index in [0.717, 1.165) is 10.8 Å². The van der Waals surface area contributed by atoms with E-state index in [9.17, 15) is 34.8 Å². The number of benzene rings is 5. The summed E-state index contributed by atoms with van der Waals surface area (Å²) < 4.78 is 17.4. The van der Waals surface area contributed by atoms with Crippen LogP contribution >= 0.6 is 0 Å². The van der Waals surface area contributed by atoms with Gasteiger partial charge in [-0.05, 0) is 58.7 Å². The number of esters is 1. The normalized spacial score (nSPS) is 21.2. The molecule has 1 heterocycles. The van der Waals surface area contributed by atoms with Crippen LogP contribution in [-0.4, -0.2) is 68.7 Å². The third kappa shape index (κ3) is 6.11. The van der Waals surface area contributed by atoms with Gasteiger partial charge in [-0.15, -0.1) is 0 Å². The van der Waals surface area contributed by atoms with E-state index in [1.165, 1.54) is 32.0 Å². The molecule has 5 atom stereocenters. The molecule has 8 N–H and O–H groups in total. The lowest BCUT2D eigenvalue weighted by Gasteiger charge is -2.39. The van der Waals surface area contributed by atoms with Crippen molar-refractivity contribution in [3.05, 3.63) is 124 Å². The Kier molecular flexibility index (Phi) is 9.13. The van der Waals surface area contributed by atoms with Crippen molar-refractivity contribution in [2.45, 2.75) is 57.1 Å². The number of ether oxygens (including phenoxy) is 3. The molecule has 0 radical (unpaired) electrons. The lowest BCUT2D eigenvalue weighted by atomic mass is 9.78. The van der Waals surface area contributed by atoms with Crippen LogP contribution in [0.25, 0.3) is 21.9 Å². The number of aliphatic hydroxyl groups is 3. The smallest absolute Gasteiger partial charge is 0.308 e. The van der Waals surface area contributed by atoms with Gasteiger partial charge in [0.05, 0.1) is 17.8 Å². The fourth-order valence-electron chi connectivity index (χ4n) is 6.87. The first kappa shape index (κ1) is 35.0. The zero-order chi connectivity index (χ0) is 37.0. The van der Waals surface area contributed by atoms with E-state index in [1.807, 2.05) is 36.4 Å². The molecule has 0 amide bonds. The number of hydrogen-bond acceptors (Lipinski definition) is 12. The molecule has 1 aliphatic carbocycles. The number of fused-ring (bicyclic) bond motifs is 3. The largest absolute Gasteiger partial charge is 0.507 e. The van der Waals surface area contributed by atoms with Crippen LogP contribution in [0.15, 0.2) is 84.9 Å². The number of hydrogen-bond donors (Lipinski definition) is 6. The highest BCUT2D eigenvalue weighted by molar-refractivity contribution is 6.32. The van der Waals surface area contributed by atoms with Crippen molar-refractivity contribution in [2.75, 3.05) is 0 Å². The lowest BCUT2D eigenvalue weighted by Crippen LogP contribution is -2.58. The Morgan fingerprint density at radius 1 is 0.788 bits per heavy atom. The standard InChI is InChI=1S/C40H36N2O10/c1-18-33(44)37(48)38(49)40(50-18)52-29-17-27-32(35(46)26(29)15-20-6-5-9-24(14-20)39(41)42)34(45)25-12-13-28(51-19(2)43)30(31(25)36(27)47)23-11-10-21-7-3-4-8-22(21)16-23/h3-14,16-18,33,37-40,44,46,48-49H,15,41-42H2,1-2H3/t18-,33+,37+,38+,40+/m0/s1. The predicted octanol–water partition coefficient (Wildman–Crippen LogP) is 3.63. The maximum atomic E-state index is 14.7. The van der Waals surface area contributed by atoms with E-state index in [-0.39, 0.29) is 51.3 Å². The summed E-state index contributed by atoms with van der Waals surface area (Å²) in [6, 6.07) is 24.0. The molecule has 1 saturated heterocycles. The average molecular weight is 705 g/mol. The molecule has 5 aromatic rings. The summed E-state index contributed by atoms with van der Waals surface area (Å²) in [6.45, 7) is 2.71. The maximum absolute atomic E-state index is 14.7. The molecule has 7 rings (SSSR count). The van der Waals surface area contributed by atoms with Crippen LogP contribution in [0, 0.1) is 0 Å². The molecule has 0 aromatic heterocycles. The molecular formula is C40H36N2O10. The van der Waals surface area contributed by atoms with Crippen molar-refractivity contribution in [3.8, 4) is 28.4 Å². The van der Waals surface area contributed by atoms with Crippen molar-refractivity contribution in [3.63, 3.8) is 0 Å². The average Bonchev–Trinajstić information content (AvgIpc) is 3.12. The van der Waals surface area contributed by atoms with Crippen LogP contribution in [0.3, 0.4) is 0 Å². The van der Waals surface area contributed by atoms with Gasteiger partial charge in [0.2, 0.25) is 6.29 Å². The molecule has 12 heteroatoms. The van der Waals surface area contributed by atoms with Crippen LogP contribution < -0.4 is 20.9 Å². The Morgan fingerprint density at radius 2 is 1.52 bits per heavy atom. The number of carbonyl (C=O) groups excluding carboxylic acids is 3. The van der Waals surface area contributed by atoms with Gasteiger partial charge < -0.3 is 46.1 Å². The number of aliphatic hydroxyl groups excluding tert-OH is 3. The highest BCUT2D eigenvalue weighted by atomic mass is 16.7. The third-order valence-corrected chi connectivity index (χ3v) is 9.54. The summed E-state index contributed by atoms with van der Waals surface area (Å²) >= 11 is 0. The Labute approximate surface area is 297 Å². The molecule has 52 heavy (non-hydrogen) atoms. The summed E-state index contributed by atoms with van der Waals surface area (Å²) in [7, 11) is 0. The molecule has 0 bridgehead atoms. The summed E-state index contributed by atoms with van der Waals surface area (Å²) in [5.74, 6) is -2.59. The number of aromatic hydroxyl groups is 1. The van der Waals surface area contributed by atoms with Gasteiger partial charge in [0, 0.05) is 41.2 Å². The quantitative estimate of drug-likeness (QED) is 0.0799. The minimum atomic E-state index is -1.72. The Bertz CT molecular complexity index is 2270. The summed E-state index contributed by atoms with van der Waals surface area (Å²) in [6.07, 6.45) is -8.10. The first-order chi connectivity index (χ1) is 24.8. The van der Waals surface area contributed by atoms with Gasteiger partial charge in [-0.2, -0.15) is 0 Å². The zero-order valence-electron chi connectivity index (χ0n) is 28.1. The molecule has 0 spiro atoms. The summed E-state index contributed by atoms with van der Waals surface area (Å²) in [5.41, 5.74) is 13.3. The van der Waals surface area contributed by atoms with Crippen molar-refractivity contribution in [1.29, 1.82) is 0 Å². The predicted molar refractivity (Wildman–Crippen MR) is 189 cm³/mol. The van der Waals surface area contributed by atoms with Gasteiger partial charge in [-0.3, -0.25) is 14.4 Å². The molecule has 0 saturated carbocycles. The van der Waals surface area contributed by atoms with E-state index in [4.69, 9.17) is 25.7 Å². The minimum Gasteiger partial charge on any atom is -0.507 e. The van der Waals surface area contributed by atoms with Gasteiger partial charge in [0.25, 0.3) is 0 Å². The van der Waals surface area contributed by atoms with E-state index >= 15 is 0 Å². The van der Waals surface area contributed by atoms with Crippen LogP contribution in [0.5, 0.6) is 17.2 Å². The summed E-state index contributed by atoms with van der Waals surface area (Å²) in [5, 5.41) is 45.3. The number of rotatable bonds is 7. The monoisotopic (exact) mass is 704 g/mol. The SMILES string of the molecule is CC(=O)Oc1ccc2c(c1-c1ccc3ccccc3c1)C(=O)c1cc(O[C@H]3O[C@@H](C)[C@@H](O)[C@@H](O)[C@H]3O)c(Cc3cccc(C(N)N)c3)c(O)c1C2=O. The van der Waals surface area contributed by atoms with Gasteiger partial charge >= 0.3 is 5.97 Å². The van der Waals surface area contributed by atoms with Crippen molar-refractivity contribution >= 4 is 28.3 Å². The zero-order valence-corrected chi connectivity index (χ0v) is 28.1. The van der Waals surface area contributed by atoms with E-state index in [0.29, 0.717) is 16.7 Å². The van der Waals surface area contributed by atoms with Crippen molar-refractivity contribution in [2.24, 2.45) is 11.5 Å². The van der Waals surface area contributed by atoms with Gasteiger partial charge in [-0.25, -0.2) is 0 Å². The second kappa shape index (κ2) is 13.6. The first-order valence-electron chi connectivity index (χ1n) is 16.6. The molecule has 1 aliphatic heterocycles. The second-order valence-electron chi connectivity index (χ2n) is 13.0. The number of phenols is 1. The second-order valence-corrected chi connectivity index (χ2v) is 13.0.